The Morgan fingerprint density at radius 2 is 1.55 bits per heavy atom. The SMILES string of the molecule is Cn1c(-c2ccccc2C(F)(F)F)nnc1C12CCC(CNC(=O)Nc3ccc(Cl)c(C(F)(F)F)c3)(CC1)CC2. The summed E-state index contributed by atoms with van der Waals surface area (Å²) in [6.07, 6.45) is -4.70. The van der Waals surface area contributed by atoms with E-state index in [1.807, 2.05) is 0 Å². The number of fused-ring (bicyclic) bond motifs is 3. The third kappa shape index (κ3) is 5.25. The van der Waals surface area contributed by atoms with Crippen molar-refractivity contribution in [3.63, 3.8) is 0 Å². The van der Waals surface area contributed by atoms with Crippen LogP contribution in [-0.4, -0.2) is 27.3 Å². The first kappa shape index (κ1) is 28.3. The summed E-state index contributed by atoms with van der Waals surface area (Å²) in [7, 11) is 1.69. The van der Waals surface area contributed by atoms with Crippen LogP contribution in [-0.2, 0) is 24.8 Å². The molecule has 3 aromatic rings. The Hall–Kier alpha value is -3.28. The van der Waals surface area contributed by atoms with Gasteiger partial charge in [-0.05, 0) is 68.2 Å². The Bertz CT molecular complexity index is 1410. The fourth-order valence-electron chi connectivity index (χ4n) is 6.08. The van der Waals surface area contributed by atoms with Gasteiger partial charge in [-0.2, -0.15) is 26.3 Å². The van der Waals surface area contributed by atoms with Crippen molar-refractivity contribution in [1.29, 1.82) is 0 Å². The van der Waals surface area contributed by atoms with Crippen LogP contribution >= 0.6 is 11.6 Å². The standard InChI is InChI=1S/C27H26ClF6N5O/c1-39-21(17-4-2-3-5-18(17)26(29,30)31)37-38-22(39)25-11-8-24(9-12-25,10-13-25)15-35-23(40)36-16-6-7-20(28)19(14-16)27(32,33)34/h2-7,14H,8-13,15H2,1H3,(H2,35,36,40). The van der Waals surface area contributed by atoms with E-state index in [0.717, 1.165) is 56.7 Å². The molecule has 0 atom stereocenters. The van der Waals surface area contributed by atoms with E-state index in [-0.39, 0.29) is 27.9 Å². The molecule has 13 heteroatoms. The second-order valence-corrected chi connectivity index (χ2v) is 11.1. The molecule has 2 bridgehead atoms. The maximum Gasteiger partial charge on any atom is 0.417 e. The smallest absolute Gasteiger partial charge is 0.337 e. The minimum atomic E-state index is -4.65. The number of nitrogens with one attached hydrogen (secondary N) is 2. The number of aromatic nitrogens is 3. The Balaban J connectivity index is 1.25. The largest absolute Gasteiger partial charge is 0.417 e. The van der Waals surface area contributed by atoms with Crippen molar-refractivity contribution in [2.75, 3.05) is 11.9 Å². The third-order valence-electron chi connectivity index (χ3n) is 8.38. The van der Waals surface area contributed by atoms with Gasteiger partial charge in [0.25, 0.3) is 0 Å². The van der Waals surface area contributed by atoms with Crippen LogP contribution in [0.2, 0.25) is 5.02 Å². The van der Waals surface area contributed by atoms with Crippen molar-refractivity contribution in [3.05, 3.63) is 64.4 Å². The third-order valence-corrected chi connectivity index (χ3v) is 8.71. The number of carbonyl (C=O) groups is 1. The van der Waals surface area contributed by atoms with Gasteiger partial charge >= 0.3 is 18.4 Å². The van der Waals surface area contributed by atoms with Crippen LogP contribution in [0.15, 0.2) is 42.5 Å². The number of carbonyl (C=O) groups excluding carboxylic acids is 1. The van der Waals surface area contributed by atoms with Crippen LogP contribution in [0.3, 0.4) is 0 Å². The maximum absolute atomic E-state index is 13.6. The van der Waals surface area contributed by atoms with Crippen molar-refractivity contribution in [3.8, 4) is 11.4 Å². The highest BCUT2D eigenvalue weighted by atomic mass is 35.5. The zero-order valence-corrected chi connectivity index (χ0v) is 22.1. The molecule has 3 fully saturated rings. The molecule has 0 spiro atoms. The number of rotatable bonds is 5. The molecular formula is C27H26ClF6N5O. The van der Waals surface area contributed by atoms with Gasteiger partial charge in [-0.1, -0.05) is 29.8 Å². The van der Waals surface area contributed by atoms with Crippen molar-refractivity contribution >= 4 is 23.3 Å². The Morgan fingerprint density at radius 3 is 2.17 bits per heavy atom. The lowest BCUT2D eigenvalue weighted by molar-refractivity contribution is -0.138. The summed E-state index contributed by atoms with van der Waals surface area (Å²) in [5.41, 5.74) is -2.35. The molecule has 214 valence electrons. The summed E-state index contributed by atoms with van der Waals surface area (Å²) < 4.78 is 81.8. The highest BCUT2D eigenvalue weighted by Crippen LogP contribution is 2.57. The Morgan fingerprint density at radius 1 is 0.925 bits per heavy atom. The Kier molecular flexibility index (Phi) is 7.04. The predicted octanol–water partition coefficient (Wildman–Crippen LogP) is 7.59. The molecule has 3 aliphatic carbocycles. The molecule has 2 amide bonds. The van der Waals surface area contributed by atoms with Gasteiger partial charge in [-0.15, -0.1) is 10.2 Å². The van der Waals surface area contributed by atoms with Gasteiger partial charge < -0.3 is 15.2 Å². The van der Waals surface area contributed by atoms with Crippen LogP contribution in [0.5, 0.6) is 0 Å². The normalized spacial score (nSPS) is 22.8. The number of nitrogens with zero attached hydrogens (tertiary/aromatic N) is 3. The summed E-state index contributed by atoms with van der Waals surface area (Å²) in [6, 6.07) is 7.86. The molecule has 40 heavy (non-hydrogen) atoms. The van der Waals surface area contributed by atoms with Crippen LogP contribution in [0.1, 0.15) is 55.5 Å². The average molecular weight is 586 g/mol. The van der Waals surface area contributed by atoms with Gasteiger partial charge in [0, 0.05) is 30.3 Å². The van der Waals surface area contributed by atoms with Crippen LogP contribution in [0.25, 0.3) is 11.4 Å². The molecule has 1 heterocycles. The summed E-state index contributed by atoms with van der Waals surface area (Å²) in [4.78, 5) is 12.5. The summed E-state index contributed by atoms with van der Waals surface area (Å²) >= 11 is 5.64. The van der Waals surface area contributed by atoms with E-state index in [9.17, 15) is 31.1 Å². The zero-order chi connectivity index (χ0) is 28.9. The summed E-state index contributed by atoms with van der Waals surface area (Å²) in [5, 5.41) is 13.3. The first-order valence-corrected chi connectivity index (χ1v) is 13.1. The van der Waals surface area contributed by atoms with Gasteiger partial charge in [0.2, 0.25) is 0 Å². The monoisotopic (exact) mass is 585 g/mol. The molecule has 3 aliphatic rings. The highest BCUT2D eigenvalue weighted by Gasteiger charge is 2.51. The van der Waals surface area contributed by atoms with Gasteiger partial charge in [0.1, 0.15) is 5.82 Å². The van der Waals surface area contributed by atoms with Crippen molar-refractivity contribution in [2.45, 2.75) is 56.3 Å². The number of halogens is 7. The lowest BCUT2D eigenvalue weighted by atomic mass is 9.53. The minimum absolute atomic E-state index is 0.0214. The predicted molar refractivity (Wildman–Crippen MR) is 137 cm³/mol. The molecule has 3 saturated carbocycles. The lowest BCUT2D eigenvalue weighted by Gasteiger charge is -2.52. The molecule has 2 N–H and O–H groups in total. The molecule has 0 saturated heterocycles. The summed E-state index contributed by atoms with van der Waals surface area (Å²) in [6.45, 7) is 0.345. The zero-order valence-electron chi connectivity index (χ0n) is 21.4. The summed E-state index contributed by atoms with van der Waals surface area (Å²) in [5.74, 6) is 0.815. The number of anilines is 1. The van der Waals surface area contributed by atoms with E-state index in [4.69, 9.17) is 11.6 Å². The van der Waals surface area contributed by atoms with E-state index < -0.39 is 34.5 Å². The van der Waals surface area contributed by atoms with Crippen LogP contribution in [0, 0.1) is 5.41 Å². The molecule has 0 radical (unpaired) electrons. The lowest BCUT2D eigenvalue weighted by Crippen LogP contribution is -2.50. The van der Waals surface area contributed by atoms with Gasteiger partial charge in [0.05, 0.1) is 16.1 Å². The topological polar surface area (TPSA) is 71.8 Å². The highest BCUT2D eigenvalue weighted by molar-refractivity contribution is 6.31. The fraction of sp³-hybridized carbons (Fsp3) is 0.444. The van der Waals surface area contributed by atoms with Gasteiger partial charge in [-0.3, -0.25) is 0 Å². The second kappa shape index (κ2) is 9.97. The Labute approximate surface area is 231 Å². The average Bonchev–Trinajstić information content (AvgIpc) is 3.30. The number of amides is 2. The molecule has 2 aromatic carbocycles. The minimum Gasteiger partial charge on any atom is -0.337 e. The van der Waals surface area contributed by atoms with E-state index >= 15 is 0 Å². The van der Waals surface area contributed by atoms with E-state index in [0.29, 0.717) is 12.4 Å². The first-order valence-electron chi connectivity index (χ1n) is 12.7. The second-order valence-electron chi connectivity index (χ2n) is 10.7. The van der Waals surface area contributed by atoms with Gasteiger partial charge in [-0.25, -0.2) is 4.79 Å². The van der Waals surface area contributed by atoms with Crippen molar-refractivity contribution in [1.82, 2.24) is 20.1 Å². The maximum atomic E-state index is 13.6. The molecule has 1 aromatic heterocycles. The fourth-order valence-corrected chi connectivity index (χ4v) is 6.30. The molecular weight excluding hydrogens is 560 g/mol. The molecule has 6 nitrogen and oxygen atoms in total. The van der Waals surface area contributed by atoms with Gasteiger partial charge in [0.15, 0.2) is 5.82 Å². The molecule has 0 aliphatic heterocycles. The number of hydrogen-bond acceptors (Lipinski definition) is 3. The number of hydrogen-bond donors (Lipinski definition) is 2. The molecule has 0 unspecified atom stereocenters. The van der Waals surface area contributed by atoms with Crippen LogP contribution < -0.4 is 10.6 Å². The van der Waals surface area contributed by atoms with Crippen molar-refractivity contribution < 1.29 is 31.1 Å². The number of benzene rings is 2. The van der Waals surface area contributed by atoms with Crippen molar-refractivity contribution in [2.24, 2.45) is 12.5 Å². The number of alkyl halides is 6. The number of urea groups is 1. The van der Waals surface area contributed by atoms with E-state index in [1.165, 1.54) is 24.3 Å². The molecule has 6 rings (SSSR count). The quantitative estimate of drug-likeness (QED) is 0.303. The first-order chi connectivity index (χ1) is 18.7. The van der Waals surface area contributed by atoms with E-state index in [1.54, 1.807) is 11.6 Å². The van der Waals surface area contributed by atoms with E-state index in [2.05, 4.69) is 20.8 Å². The van der Waals surface area contributed by atoms with Crippen LogP contribution in [0.4, 0.5) is 36.8 Å².